The van der Waals surface area contributed by atoms with E-state index in [2.05, 4.69) is 12.1 Å². The molecule has 1 unspecified atom stereocenters. The van der Waals surface area contributed by atoms with Gasteiger partial charge in [-0.15, -0.1) is 0 Å². The summed E-state index contributed by atoms with van der Waals surface area (Å²) in [5, 5.41) is 0. The molecule has 0 saturated carbocycles. The van der Waals surface area contributed by atoms with E-state index in [1.165, 1.54) is 5.56 Å². The van der Waals surface area contributed by atoms with Gasteiger partial charge in [-0.05, 0) is 49.8 Å². The van der Waals surface area contributed by atoms with E-state index in [-0.39, 0.29) is 6.10 Å². The number of hydrogen-bond donors (Lipinski definition) is 0. The Morgan fingerprint density at radius 3 is 2.95 bits per heavy atom. The SMILES string of the molecule is O=C(OC1=CCCc2ccccc21)OC1C=CCCC1. The lowest BCUT2D eigenvalue weighted by atomic mass is 9.96. The van der Waals surface area contributed by atoms with Crippen LogP contribution in [0.3, 0.4) is 0 Å². The molecule has 0 fully saturated rings. The zero-order chi connectivity index (χ0) is 13.8. The fourth-order valence-corrected chi connectivity index (χ4v) is 2.66. The molecule has 20 heavy (non-hydrogen) atoms. The predicted molar refractivity (Wildman–Crippen MR) is 77.1 cm³/mol. The summed E-state index contributed by atoms with van der Waals surface area (Å²) in [7, 11) is 0. The van der Waals surface area contributed by atoms with E-state index in [9.17, 15) is 4.79 Å². The predicted octanol–water partition coefficient (Wildman–Crippen LogP) is 4.24. The van der Waals surface area contributed by atoms with E-state index in [0.29, 0.717) is 5.76 Å². The largest absolute Gasteiger partial charge is 0.514 e. The van der Waals surface area contributed by atoms with E-state index in [1.54, 1.807) is 0 Å². The van der Waals surface area contributed by atoms with Crippen molar-refractivity contribution in [2.24, 2.45) is 0 Å². The van der Waals surface area contributed by atoms with Gasteiger partial charge in [0, 0.05) is 5.56 Å². The van der Waals surface area contributed by atoms with Crippen LogP contribution in [0.15, 0.2) is 42.5 Å². The highest BCUT2D eigenvalue weighted by molar-refractivity contribution is 5.75. The first kappa shape index (κ1) is 13.0. The van der Waals surface area contributed by atoms with Crippen molar-refractivity contribution < 1.29 is 14.3 Å². The Morgan fingerprint density at radius 1 is 1.20 bits per heavy atom. The third-order valence-electron chi connectivity index (χ3n) is 3.68. The van der Waals surface area contributed by atoms with Crippen LogP contribution in [0.25, 0.3) is 5.76 Å². The summed E-state index contributed by atoms with van der Waals surface area (Å²) in [4.78, 5) is 11.9. The molecule has 0 N–H and O–H groups in total. The molecule has 3 nitrogen and oxygen atoms in total. The lowest BCUT2D eigenvalue weighted by molar-refractivity contribution is 0.0632. The van der Waals surface area contributed by atoms with Crippen molar-refractivity contribution in [1.29, 1.82) is 0 Å². The summed E-state index contributed by atoms with van der Waals surface area (Å²) in [6.07, 6.45) is 10.1. The molecule has 0 saturated heterocycles. The van der Waals surface area contributed by atoms with Gasteiger partial charge in [0.15, 0.2) is 0 Å². The molecule has 2 aliphatic carbocycles. The molecule has 0 bridgehead atoms. The Hall–Kier alpha value is -2.03. The third kappa shape index (κ3) is 2.93. The van der Waals surface area contributed by atoms with Crippen LogP contribution in [0.1, 0.15) is 36.8 Å². The van der Waals surface area contributed by atoms with Crippen molar-refractivity contribution >= 4 is 11.9 Å². The van der Waals surface area contributed by atoms with E-state index < -0.39 is 6.16 Å². The monoisotopic (exact) mass is 270 g/mol. The van der Waals surface area contributed by atoms with Gasteiger partial charge in [-0.3, -0.25) is 0 Å². The number of aryl methyl sites for hydroxylation is 1. The molecule has 104 valence electrons. The van der Waals surface area contributed by atoms with Crippen LogP contribution in [0.2, 0.25) is 0 Å². The summed E-state index contributed by atoms with van der Waals surface area (Å²) < 4.78 is 10.7. The minimum atomic E-state index is -0.607. The molecule has 3 heteroatoms. The van der Waals surface area contributed by atoms with Crippen LogP contribution >= 0.6 is 0 Å². The van der Waals surface area contributed by atoms with Crippen molar-refractivity contribution in [3.63, 3.8) is 0 Å². The number of allylic oxidation sites excluding steroid dienone is 2. The number of rotatable bonds is 2. The molecule has 0 spiro atoms. The van der Waals surface area contributed by atoms with Gasteiger partial charge in [-0.2, -0.15) is 0 Å². The van der Waals surface area contributed by atoms with Crippen molar-refractivity contribution in [3.8, 4) is 0 Å². The highest BCUT2D eigenvalue weighted by Gasteiger charge is 2.19. The first-order chi connectivity index (χ1) is 9.83. The second-order valence-electron chi connectivity index (χ2n) is 5.13. The van der Waals surface area contributed by atoms with Crippen molar-refractivity contribution in [1.82, 2.24) is 0 Å². The minimum absolute atomic E-state index is 0.143. The normalized spacial score (nSPS) is 20.8. The molecule has 1 aromatic rings. The van der Waals surface area contributed by atoms with Crippen LogP contribution in [-0.2, 0) is 15.9 Å². The molecule has 0 radical (unpaired) electrons. The van der Waals surface area contributed by atoms with Gasteiger partial charge in [-0.1, -0.05) is 30.3 Å². The van der Waals surface area contributed by atoms with Gasteiger partial charge in [0.1, 0.15) is 11.9 Å². The van der Waals surface area contributed by atoms with Crippen molar-refractivity contribution in [3.05, 3.63) is 53.6 Å². The topological polar surface area (TPSA) is 35.5 Å². The quantitative estimate of drug-likeness (QED) is 0.595. The molecular weight excluding hydrogens is 252 g/mol. The number of hydrogen-bond acceptors (Lipinski definition) is 3. The van der Waals surface area contributed by atoms with Crippen LogP contribution in [0.5, 0.6) is 0 Å². The smallest absolute Gasteiger partial charge is 0.426 e. The highest BCUT2D eigenvalue weighted by atomic mass is 16.7. The lowest BCUT2D eigenvalue weighted by Crippen LogP contribution is -2.19. The maximum Gasteiger partial charge on any atom is 0.514 e. The van der Waals surface area contributed by atoms with Gasteiger partial charge >= 0.3 is 6.16 Å². The van der Waals surface area contributed by atoms with Gasteiger partial charge in [0.2, 0.25) is 0 Å². The average Bonchev–Trinajstić information content (AvgIpc) is 2.48. The molecule has 1 aromatic carbocycles. The first-order valence-electron chi connectivity index (χ1n) is 7.16. The van der Waals surface area contributed by atoms with Crippen molar-refractivity contribution in [2.75, 3.05) is 0 Å². The second kappa shape index (κ2) is 5.95. The van der Waals surface area contributed by atoms with Crippen LogP contribution in [0, 0.1) is 0 Å². The molecular formula is C17H18O3. The van der Waals surface area contributed by atoms with Gasteiger partial charge in [0.25, 0.3) is 0 Å². The van der Waals surface area contributed by atoms with Crippen molar-refractivity contribution in [2.45, 2.75) is 38.2 Å². The Balaban J connectivity index is 1.65. The third-order valence-corrected chi connectivity index (χ3v) is 3.68. The van der Waals surface area contributed by atoms with E-state index >= 15 is 0 Å². The van der Waals surface area contributed by atoms with Crippen LogP contribution < -0.4 is 0 Å². The zero-order valence-electron chi connectivity index (χ0n) is 11.4. The molecule has 2 aliphatic rings. The van der Waals surface area contributed by atoms with Gasteiger partial charge in [-0.25, -0.2) is 4.79 Å². The zero-order valence-corrected chi connectivity index (χ0v) is 11.4. The van der Waals surface area contributed by atoms with E-state index in [4.69, 9.17) is 9.47 Å². The standard InChI is InChI=1S/C17H18O3/c18-17(19-14-9-2-1-3-10-14)20-16-12-6-8-13-7-4-5-11-15(13)16/h2,4-5,7,9,11-12,14H,1,3,6,8,10H2. The van der Waals surface area contributed by atoms with Crippen LogP contribution in [-0.4, -0.2) is 12.3 Å². The number of fused-ring (bicyclic) bond motifs is 1. The van der Waals surface area contributed by atoms with Gasteiger partial charge in [0.05, 0.1) is 0 Å². The summed E-state index contributed by atoms with van der Waals surface area (Å²) in [6, 6.07) is 8.01. The van der Waals surface area contributed by atoms with Gasteiger partial charge < -0.3 is 9.47 Å². The minimum Gasteiger partial charge on any atom is -0.426 e. The molecule has 3 rings (SSSR count). The number of carbonyl (C=O) groups excluding carboxylic acids is 1. The Kier molecular flexibility index (Phi) is 3.86. The maximum atomic E-state index is 11.9. The fourth-order valence-electron chi connectivity index (χ4n) is 2.66. The molecule has 0 aliphatic heterocycles. The lowest BCUT2D eigenvalue weighted by Gasteiger charge is -2.20. The van der Waals surface area contributed by atoms with Crippen LogP contribution in [0.4, 0.5) is 4.79 Å². The summed E-state index contributed by atoms with van der Waals surface area (Å²) in [6.45, 7) is 0. The molecule has 0 aromatic heterocycles. The summed E-state index contributed by atoms with van der Waals surface area (Å²) in [5.41, 5.74) is 2.21. The average molecular weight is 270 g/mol. The first-order valence-corrected chi connectivity index (χ1v) is 7.16. The summed E-state index contributed by atoms with van der Waals surface area (Å²) >= 11 is 0. The van der Waals surface area contributed by atoms with E-state index in [1.807, 2.05) is 30.4 Å². The molecule has 0 amide bonds. The fraction of sp³-hybridized carbons (Fsp3) is 0.353. The number of benzene rings is 1. The maximum absolute atomic E-state index is 11.9. The second-order valence-corrected chi connectivity index (χ2v) is 5.13. The number of carbonyl (C=O) groups is 1. The molecule has 1 atom stereocenters. The molecule has 0 heterocycles. The van der Waals surface area contributed by atoms with E-state index in [0.717, 1.165) is 37.7 Å². The number of ether oxygens (including phenoxy) is 2. The Labute approximate surface area is 118 Å². The highest BCUT2D eigenvalue weighted by Crippen LogP contribution is 2.27. The summed E-state index contributed by atoms with van der Waals surface area (Å²) in [5.74, 6) is 0.622. The Morgan fingerprint density at radius 2 is 2.10 bits per heavy atom. The Bertz CT molecular complexity index is 557.